The Morgan fingerprint density at radius 2 is 1.62 bits per heavy atom. The Labute approximate surface area is 169 Å². The number of anilines is 1. The van der Waals surface area contributed by atoms with Crippen molar-refractivity contribution < 1.29 is 4.79 Å². The van der Waals surface area contributed by atoms with Gasteiger partial charge in [-0.1, -0.05) is 72.8 Å². The fourth-order valence-corrected chi connectivity index (χ4v) is 3.64. The van der Waals surface area contributed by atoms with E-state index in [1.165, 1.54) is 5.56 Å². The first-order valence-corrected chi connectivity index (χ1v) is 9.54. The molecule has 1 fully saturated rings. The minimum atomic E-state index is -0.616. The molecule has 0 aliphatic carbocycles. The smallest absolute Gasteiger partial charge is 0.266 e. The molecule has 4 N–H and O–H groups in total. The molecular weight excluding hydrogens is 360 g/mol. The Kier molecular flexibility index (Phi) is 5.20. The van der Waals surface area contributed by atoms with Gasteiger partial charge >= 0.3 is 0 Å². The highest BCUT2D eigenvalue weighted by atomic mass is 16.2. The first-order chi connectivity index (χ1) is 14.1. The van der Waals surface area contributed by atoms with Gasteiger partial charge in [0, 0.05) is 12.2 Å². The quantitative estimate of drug-likeness (QED) is 0.482. The van der Waals surface area contributed by atoms with Gasteiger partial charge in [0.1, 0.15) is 5.71 Å². The summed E-state index contributed by atoms with van der Waals surface area (Å²) in [5, 5.41) is 23.2. The molecule has 0 saturated carbocycles. The molecule has 5 heteroatoms. The summed E-state index contributed by atoms with van der Waals surface area (Å²) in [6.07, 6.45) is 0. The molecule has 0 spiro atoms. The monoisotopic (exact) mass is 382 g/mol. The molecule has 1 aliphatic rings. The summed E-state index contributed by atoms with van der Waals surface area (Å²) in [4.78, 5) is 12.3. The average Bonchev–Trinajstić information content (AvgIpc) is 3.08. The maximum absolute atomic E-state index is 12.3. The summed E-state index contributed by atoms with van der Waals surface area (Å²) in [5.74, 6) is -1.03. The minimum Gasteiger partial charge on any atom is -0.381 e. The molecule has 2 unspecified atom stereocenters. The van der Waals surface area contributed by atoms with E-state index in [0.717, 1.165) is 16.8 Å². The predicted molar refractivity (Wildman–Crippen MR) is 116 cm³/mol. The number of rotatable bonds is 6. The van der Waals surface area contributed by atoms with Gasteiger partial charge in [0.25, 0.3) is 5.91 Å². The van der Waals surface area contributed by atoms with Crippen LogP contribution in [0.4, 0.5) is 5.69 Å². The lowest BCUT2D eigenvalue weighted by atomic mass is 9.85. The van der Waals surface area contributed by atoms with Gasteiger partial charge in [0.05, 0.1) is 17.7 Å². The molecule has 5 nitrogen and oxygen atoms in total. The van der Waals surface area contributed by atoms with Crippen LogP contribution in [0.3, 0.4) is 0 Å². The van der Waals surface area contributed by atoms with Crippen LogP contribution in [-0.4, -0.2) is 17.3 Å². The van der Waals surface area contributed by atoms with E-state index in [-0.39, 0.29) is 11.4 Å². The second-order valence-electron chi connectivity index (χ2n) is 7.09. The van der Waals surface area contributed by atoms with E-state index in [1.54, 1.807) is 0 Å². The van der Waals surface area contributed by atoms with E-state index < -0.39 is 17.9 Å². The van der Waals surface area contributed by atoms with Gasteiger partial charge in [-0.3, -0.25) is 10.2 Å². The molecule has 4 rings (SSSR count). The number of carbonyl (C=O) groups is 1. The zero-order valence-corrected chi connectivity index (χ0v) is 15.9. The summed E-state index contributed by atoms with van der Waals surface area (Å²) in [7, 11) is 0. The van der Waals surface area contributed by atoms with Crippen LogP contribution in [0.15, 0.2) is 84.9 Å². The topological polar surface area (TPSA) is 88.8 Å². The van der Waals surface area contributed by atoms with Crippen LogP contribution in [0.25, 0.3) is 0 Å². The predicted octanol–water partition coefficient (Wildman–Crippen LogP) is 4.17. The zero-order chi connectivity index (χ0) is 20.2. The zero-order valence-electron chi connectivity index (χ0n) is 15.9. The van der Waals surface area contributed by atoms with Crippen LogP contribution in [0, 0.1) is 16.7 Å². The van der Waals surface area contributed by atoms with E-state index in [9.17, 15) is 4.79 Å². The number of nitrogens with one attached hydrogen (secondary N) is 4. The summed E-state index contributed by atoms with van der Waals surface area (Å²) >= 11 is 0. The van der Waals surface area contributed by atoms with E-state index >= 15 is 0 Å². The van der Waals surface area contributed by atoms with Gasteiger partial charge in [0.2, 0.25) is 0 Å². The van der Waals surface area contributed by atoms with Crippen molar-refractivity contribution >= 4 is 23.0 Å². The maximum Gasteiger partial charge on any atom is 0.266 e. The summed E-state index contributed by atoms with van der Waals surface area (Å²) in [6, 6.07) is 26.8. The molecule has 1 heterocycles. The van der Waals surface area contributed by atoms with Crippen molar-refractivity contribution in [1.82, 2.24) is 5.32 Å². The third kappa shape index (κ3) is 3.94. The SMILES string of the molecule is N=C1C(=O)NC(c2cccc(NCc3ccccc3)c2)C1C(=N)c1ccccc1. The molecule has 3 aromatic rings. The molecule has 1 aliphatic heterocycles. The van der Waals surface area contributed by atoms with Crippen molar-refractivity contribution in [3.8, 4) is 0 Å². The van der Waals surface area contributed by atoms with Crippen LogP contribution in [-0.2, 0) is 11.3 Å². The van der Waals surface area contributed by atoms with Crippen molar-refractivity contribution in [2.45, 2.75) is 12.6 Å². The molecule has 3 aromatic carbocycles. The first-order valence-electron chi connectivity index (χ1n) is 9.54. The number of benzene rings is 3. The van der Waals surface area contributed by atoms with Gasteiger partial charge in [-0.2, -0.15) is 0 Å². The van der Waals surface area contributed by atoms with Crippen LogP contribution in [0.5, 0.6) is 0 Å². The number of carbonyl (C=O) groups excluding carboxylic acids is 1. The van der Waals surface area contributed by atoms with Gasteiger partial charge in [-0.25, -0.2) is 0 Å². The highest BCUT2D eigenvalue weighted by Gasteiger charge is 2.41. The molecule has 0 radical (unpaired) electrons. The van der Waals surface area contributed by atoms with Crippen molar-refractivity contribution in [2.75, 3.05) is 5.32 Å². The van der Waals surface area contributed by atoms with Gasteiger partial charge in [-0.05, 0) is 28.8 Å². The number of hydrogen-bond donors (Lipinski definition) is 4. The highest BCUT2D eigenvalue weighted by molar-refractivity contribution is 6.45. The van der Waals surface area contributed by atoms with Crippen LogP contribution < -0.4 is 10.6 Å². The molecule has 2 atom stereocenters. The van der Waals surface area contributed by atoms with Crippen molar-refractivity contribution in [3.63, 3.8) is 0 Å². The third-order valence-electron chi connectivity index (χ3n) is 5.16. The van der Waals surface area contributed by atoms with E-state index in [4.69, 9.17) is 10.8 Å². The fraction of sp³-hybridized carbons (Fsp3) is 0.125. The Hall–Kier alpha value is -3.73. The molecular formula is C24H22N4O. The summed E-state index contributed by atoms with van der Waals surface area (Å²) in [5.41, 5.74) is 3.93. The van der Waals surface area contributed by atoms with Gasteiger partial charge in [-0.15, -0.1) is 0 Å². The second kappa shape index (κ2) is 8.10. The first kappa shape index (κ1) is 18.6. The standard InChI is InChI=1S/C24H22N4O/c25-21(17-10-5-2-6-11-17)20-22(26)24(29)28-23(20)18-12-7-13-19(14-18)27-15-16-8-3-1-4-9-16/h1-14,20,23,25-27H,15H2,(H,28,29). The highest BCUT2D eigenvalue weighted by Crippen LogP contribution is 2.32. The Bertz CT molecular complexity index is 1050. The number of hydrogen-bond acceptors (Lipinski definition) is 4. The average molecular weight is 382 g/mol. The molecule has 144 valence electrons. The van der Waals surface area contributed by atoms with Gasteiger partial charge < -0.3 is 16.0 Å². The molecule has 0 bridgehead atoms. The number of amides is 1. The lowest BCUT2D eigenvalue weighted by Gasteiger charge is -2.21. The van der Waals surface area contributed by atoms with Crippen LogP contribution >= 0.6 is 0 Å². The van der Waals surface area contributed by atoms with Crippen molar-refractivity contribution in [1.29, 1.82) is 10.8 Å². The lowest BCUT2D eigenvalue weighted by molar-refractivity contribution is -0.114. The van der Waals surface area contributed by atoms with E-state index in [2.05, 4.69) is 22.8 Å². The normalized spacial score (nSPS) is 18.3. The Morgan fingerprint density at radius 1 is 0.931 bits per heavy atom. The molecule has 1 saturated heterocycles. The summed E-state index contributed by atoms with van der Waals surface area (Å²) in [6.45, 7) is 0.695. The Balaban J connectivity index is 1.58. The largest absolute Gasteiger partial charge is 0.381 e. The fourth-order valence-electron chi connectivity index (χ4n) is 3.64. The minimum absolute atomic E-state index is 0.0634. The second-order valence-corrected chi connectivity index (χ2v) is 7.09. The van der Waals surface area contributed by atoms with Crippen LogP contribution in [0.2, 0.25) is 0 Å². The van der Waals surface area contributed by atoms with Crippen LogP contribution in [0.1, 0.15) is 22.7 Å². The maximum atomic E-state index is 12.3. The lowest BCUT2D eigenvalue weighted by Crippen LogP contribution is -2.26. The Morgan fingerprint density at radius 3 is 2.34 bits per heavy atom. The molecule has 0 aromatic heterocycles. The van der Waals surface area contributed by atoms with E-state index in [0.29, 0.717) is 6.54 Å². The van der Waals surface area contributed by atoms with Crippen molar-refractivity contribution in [2.24, 2.45) is 5.92 Å². The molecule has 29 heavy (non-hydrogen) atoms. The van der Waals surface area contributed by atoms with Crippen molar-refractivity contribution in [3.05, 3.63) is 102 Å². The third-order valence-corrected chi connectivity index (χ3v) is 5.16. The summed E-state index contributed by atoms with van der Waals surface area (Å²) < 4.78 is 0. The van der Waals surface area contributed by atoms with Gasteiger partial charge in [0.15, 0.2) is 0 Å². The molecule has 1 amide bonds. The van der Waals surface area contributed by atoms with E-state index in [1.807, 2.05) is 72.8 Å².